The maximum absolute atomic E-state index is 10.9. The van der Waals surface area contributed by atoms with Crippen molar-refractivity contribution in [3.63, 3.8) is 0 Å². The van der Waals surface area contributed by atoms with Gasteiger partial charge in [-0.1, -0.05) is 11.6 Å². The van der Waals surface area contributed by atoms with Crippen molar-refractivity contribution in [2.24, 2.45) is 0 Å². The van der Waals surface area contributed by atoms with Gasteiger partial charge in [0.2, 0.25) is 10.0 Å². The molecule has 1 N–H and O–H groups in total. The summed E-state index contributed by atoms with van der Waals surface area (Å²) in [7, 11) is -3.48. The molecule has 0 aliphatic heterocycles. The van der Waals surface area contributed by atoms with Crippen molar-refractivity contribution < 1.29 is 8.42 Å². The van der Waals surface area contributed by atoms with Crippen LogP contribution in [0.4, 0.5) is 5.82 Å². The SMILES string of the molecule is O=S(=O)(CCl)Nc1ccc(Cl)cn1. The average Bonchev–Trinajstić information content (AvgIpc) is 2.09. The molecular formula is C6H6Cl2N2O2S. The number of hydrogen-bond donors (Lipinski definition) is 1. The van der Waals surface area contributed by atoms with Crippen molar-refractivity contribution in [1.29, 1.82) is 0 Å². The highest BCUT2D eigenvalue weighted by molar-refractivity contribution is 7.93. The fourth-order valence-electron chi connectivity index (χ4n) is 0.623. The molecule has 0 saturated heterocycles. The molecule has 0 unspecified atom stereocenters. The maximum Gasteiger partial charge on any atom is 0.247 e. The van der Waals surface area contributed by atoms with Crippen LogP contribution in [-0.2, 0) is 10.0 Å². The molecule has 72 valence electrons. The van der Waals surface area contributed by atoms with Gasteiger partial charge in [-0.2, -0.15) is 0 Å². The van der Waals surface area contributed by atoms with Gasteiger partial charge in [0.25, 0.3) is 0 Å². The van der Waals surface area contributed by atoms with Gasteiger partial charge < -0.3 is 0 Å². The van der Waals surface area contributed by atoms with Crippen molar-refractivity contribution in [3.05, 3.63) is 23.4 Å². The van der Waals surface area contributed by atoms with Crippen molar-refractivity contribution in [1.82, 2.24) is 4.98 Å². The monoisotopic (exact) mass is 240 g/mol. The summed E-state index contributed by atoms with van der Waals surface area (Å²) in [6.07, 6.45) is 1.34. The van der Waals surface area contributed by atoms with E-state index in [0.29, 0.717) is 5.02 Å². The second-order valence-corrected chi connectivity index (χ2v) is 4.93. The van der Waals surface area contributed by atoms with Crippen LogP contribution in [0.15, 0.2) is 18.3 Å². The van der Waals surface area contributed by atoms with Crippen molar-refractivity contribution in [2.75, 3.05) is 9.93 Å². The average molecular weight is 241 g/mol. The summed E-state index contributed by atoms with van der Waals surface area (Å²) in [4.78, 5) is 3.73. The largest absolute Gasteiger partial charge is 0.266 e. The highest BCUT2D eigenvalue weighted by atomic mass is 35.5. The van der Waals surface area contributed by atoms with Crippen LogP contribution in [0.2, 0.25) is 5.02 Å². The van der Waals surface area contributed by atoms with E-state index in [-0.39, 0.29) is 5.82 Å². The molecule has 0 aliphatic carbocycles. The number of anilines is 1. The Kier molecular flexibility index (Phi) is 3.35. The Hall–Kier alpha value is -0.520. The second-order valence-electron chi connectivity index (χ2n) is 2.19. The number of rotatable bonds is 3. The van der Waals surface area contributed by atoms with Gasteiger partial charge in [0.1, 0.15) is 11.0 Å². The van der Waals surface area contributed by atoms with Gasteiger partial charge in [0.15, 0.2) is 0 Å². The lowest BCUT2D eigenvalue weighted by molar-refractivity contribution is 0.605. The molecule has 0 bridgehead atoms. The third-order valence-electron chi connectivity index (χ3n) is 1.13. The number of pyridine rings is 1. The summed E-state index contributed by atoms with van der Waals surface area (Å²) in [5.74, 6) is 0.199. The van der Waals surface area contributed by atoms with Crippen LogP contribution in [-0.4, -0.2) is 18.6 Å². The first kappa shape index (κ1) is 10.6. The summed E-state index contributed by atoms with van der Waals surface area (Å²) < 4.78 is 24.0. The Morgan fingerprint density at radius 1 is 1.46 bits per heavy atom. The van der Waals surface area contributed by atoms with E-state index in [9.17, 15) is 8.42 Å². The van der Waals surface area contributed by atoms with Gasteiger partial charge in [-0.3, -0.25) is 4.72 Å². The molecule has 1 aromatic rings. The fraction of sp³-hybridized carbons (Fsp3) is 0.167. The summed E-state index contributed by atoms with van der Waals surface area (Å²) in [6, 6.07) is 2.98. The molecule has 7 heteroatoms. The molecular weight excluding hydrogens is 235 g/mol. The number of aromatic nitrogens is 1. The molecule has 0 saturated carbocycles. The predicted molar refractivity (Wildman–Crippen MR) is 52.5 cm³/mol. The maximum atomic E-state index is 10.9. The highest BCUT2D eigenvalue weighted by Gasteiger charge is 2.07. The lowest BCUT2D eigenvalue weighted by atomic mass is 10.5. The van der Waals surface area contributed by atoms with E-state index < -0.39 is 15.2 Å². The Labute approximate surface area is 85.9 Å². The normalized spacial score (nSPS) is 11.2. The molecule has 0 aromatic carbocycles. The van der Waals surface area contributed by atoms with E-state index in [1.165, 1.54) is 18.3 Å². The number of halogens is 2. The topological polar surface area (TPSA) is 59.1 Å². The van der Waals surface area contributed by atoms with Gasteiger partial charge in [-0.25, -0.2) is 13.4 Å². The van der Waals surface area contributed by atoms with Crippen LogP contribution < -0.4 is 4.72 Å². The molecule has 0 fully saturated rings. The zero-order chi connectivity index (χ0) is 9.90. The fourth-order valence-corrected chi connectivity index (χ4v) is 1.39. The highest BCUT2D eigenvalue weighted by Crippen LogP contribution is 2.11. The van der Waals surface area contributed by atoms with E-state index in [2.05, 4.69) is 9.71 Å². The molecule has 4 nitrogen and oxygen atoms in total. The minimum Gasteiger partial charge on any atom is -0.266 e. The zero-order valence-corrected chi connectivity index (χ0v) is 8.70. The van der Waals surface area contributed by atoms with Crippen LogP contribution in [0.3, 0.4) is 0 Å². The third kappa shape index (κ3) is 3.38. The smallest absolute Gasteiger partial charge is 0.247 e. The van der Waals surface area contributed by atoms with Crippen LogP contribution in [0, 0.1) is 0 Å². The van der Waals surface area contributed by atoms with Crippen LogP contribution >= 0.6 is 23.2 Å². The van der Waals surface area contributed by atoms with E-state index in [0.717, 1.165) is 0 Å². The number of hydrogen-bond acceptors (Lipinski definition) is 3. The third-order valence-corrected chi connectivity index (χ3v) is 3.02. The van der Waals surface area contributed by atoms with Crippen molar-refractivity contribution in [2.45, 2.75) is 0 Å². The number of sulfonamides is 1. The molecule has 0 atom stereocenters. The summed E-state index contributed by atoms with van der Waals surface area (Å²) in [5.41, 5.74) is 0. The standard InChI is InChI=1S/C6H6Cl2N2O2S/c7-4-13(11,12)10-6-2-1-5(8)3-9-6/h1-3H,4H2,(H,9,10). The van der Waals surface area contributed by atoms with Crippen molar-refractivity contribution in [3.8, 4) is 0 Å². The first-order chi connectivity index (χ1) is 6.03. The van der Waals surface area contributed by atoms with Gasteiger partial charge in [0, 0.05) is 6.20 Å². The summed E-state index contributed by atoms with van der Waals surface area (Å²) in [5, 5.41) is -0.0639. The van der Waals surface area contributed by atoms with Crippen LogP contribution in [0.1, 0.15) is 0 Å². The molecule has 1 aromatic heterocycles. The molecule has 0 radical (unpaired) electrons. The van der Waals surface area contributed by atoms with Crippen LogP contribution in [0.5, 0.6) is 0 Å². The van der Waals surface area contributed by atoms with E-state index in [1.807, 2.05) is 0 Å². The quantitative estimate of drug-likeness (QED) is 0.819. The molecule has 0 spiro atoms. The molecule has 0 aliphatic rings. The summed E-state index contributed by atoms with van der Waals surface area (Å²) >= 11 is 10.7. The Morgan fingerprint density at radius 3 is 2.62 bits per heavy atom. The van der Waals surface area contributed by atoms with Gasteiger partial charge in [-0.15, -0.1) is 11.6 Å². The predicted octanol–water partition coefficient (Wildman–Crippen LogP) is 1.67. The first-order valence-corrected chi connectivity index (χ1v) is 5.78. The molecule has 0 amide bonds. The summed E-state index contributed by atoms with van der Waals surface area (Å²) in [6.45, 7) is 0. The first-order valence-electron chi connectivity index (χ1n) is 3.21. The van der Waals surface area contributed by atoms with Gasteiger partial charge >= 0.3 is 0 Å². The Balaban J connectivity index is 2.82. The minimum absolute atomic E-state index is 0.199. The zero-order valence-electron chi connectivity index (χ0n) is 6.37. The molecule has 1 heterocycles. The lowest BCUT2D eigenvalue weighted by Crippen LogP contribution is -2.14. The van der Waals surface area contributed by atoms with E-state index >= 15 is 0 Å². The molecule has 1 rings (SSSR count). The number of alkyl halides is 1. The van der Waals surface area contributed by atoms with Crippen molar-refractivity contribution >= 4 is 39.0 Å². The van der Waals surface area contributed by atoms with E-state index in [4.69, 9.17) is 23.2 Å². The van der Waals surface area contributed by atoms with Crippen LogP contribution in [0.25, 0.3) is 0 Å². The Bertz CT molecular complexity index is 376. The second kappa shape index (κ2) is 4.13. The number of nitrogens with one attached hydrogen (secondary N) is 1. The Morgan fingerprint density at radius 2 is 2.15 bits per heavy atom. The minimum atomic E-state index is -3.48. The van der Waals surface area contributed by atoms with E-state index in [1.54, 1.807) is 0 Å². The van der Waals surface area contributed by atoms with Gasteiger partial charge in [-0.05, 0) is 12.1 Å². The molecule has 13 heavy (non-hydrogen) atoms. The number of nitrogens with zero attached hydrogens (tertiary/aromatic N) is 1. The van der Waals surface area contributed by atoms with Gasteiger partial charge in [0.05, 0.1) is 5.02 Å². The lowest BCUT2D eigenvalue weighted by Gasteiger charge is -2.02.